The van der Waals surface area contributed by atoms with Crippen molar-refractivity contribution in [3.63, 3.8) is 0 Å². The van der Waals surface area contributed by atoms with Gasteiger partial charge in [0.1, 0.15) is 0 Å². The Bertz CT molecular complexity index is 648. The van der Waals surface area contributed by atoms with Crippen LogP contribution in [0.25, 0.3) is 0 Å². The molecule has 3 saturated heterocycles. The molecule has 1 aromatic rings. The van der Waals surface area contributed by atoms with Crippen LogP contribution in [-0.2, 0) is 5.54 Å². The van der Waals surface area contributed by atoms with Crippen LogP contribution in [0.5, 0.6) is 0 Å². The molecular formula is C28H55N5S. The van der Waals surface area contributed by atoms with Gasteiger partial charge in [-0.2, -0.15) is 0 Å². The number of aromatic nitrogens is 2. The summed E-state index contributed by atoms with van der Waals surface area (Å²) in [6.45, 7) is 26.9. The van der Waals surface area contributed by atoms with Crippen LogP contribution in [0.2, 0.25) is 0 Å². The molecule has 4 rings (SSSR count). The van der Waals surface area contributed by atoms with E-state index in [2.05, 4.69) is 86.6 Å². The highest BCUT2D eigenvalue weighted by atomic mass is 32.2. The molecule has 0 aliphatic carbocycles. The highest BCUT2D eigenvalue weighted by Gasteiger charge is 2.30. The quantitative estimate of drug-likeness (QED) is 0.467. The Morgan fingerprint density at radius 1 is 0.706 bits per heavy atom. The molecule has 3 aliphatic rings. The summed E-state index contributed by atoms with van der Waals surface area (Å²) in [5.41, 5.74) is 0.937. The first-order valence-corrected chi connectivity index (χ1v) is 14.7. The summed E-state index contributed by atoms with van der Waals surface area (Å²) in [6.07, 6.45) is 12.7. The summed E-state index contributed by atoms with van der Waals surface area (Å²) in [6, 6.07) is 0.888. The minimum absolute atomic E-state index is 0.177. The zero-order valence-electron chi connectivity index (χ0n) is 23.9. The Hall–Kier alpha value is -0.560. The van der Waals surface area contributed by atoms with Crippen LogP contribution < -0.4 is 0 Å². The smallest absolute Gasteiger partial charge is 0.0950 e. The van der Waals surface area contributed by atoms with Crippen molar-refractivity contribution in [3.8, 4) is 0 Å². The minimum atomic E-state index is 0.177. The molecule has 0 aromatic carbocycles. The van der Waals surface area contributed by atoms with Gasteiger partial charge in [0.25, 0.3) is 0 Å². The van der Waals surface area contributed by atoms with Gasteiger partial charge in [0.15, 0.2) is 0 Å². The topological polar surface area (TPSA) is 27.5 Å². The Kier molecular flexibility index (Phi) is 11.4. The second-order valence-corrected chi connectivity index (χ2v) is 14.2. The highest BCUT2D eigenvalue weighted by molar-refractivity contribution is 7.99. The molecule has 0 saturated carbocycles. The Morgan fingerprint density at radius 3 is 1.65 bits per heavy atom. The van der Waals surface area contributed by atoms with Gasteiger partial charge in [0.2, 0.25) is 0 Å². The molecule has 4 heterocycles. The summed E-state index contributed by atoms with van der Waals surface area (Å²) in [4.78, 5) is 11.9. The number of rotatable bonds is 1. The Balaban J connectivity index is 0.000000194. The first-order valence-electron chi connectivity index (χ1n) is 13.6. The molecule has 3 fully saturated rings. The van der Waals surface area contributed by atoms with Crippen molar-refractivity contribution in [3.05, 3.63) is 18.7 Å². The predicted molar refractivity (Wildman–Crippen MR) is 151 cm³/mol. The molecule has 5 nitrogen and oxygen atoms in total. The van der Waals surface area contributed by atoms with Crippen LogP contribution in [0.1, 0.15) is 94.4 Å². The molecule has 0 spiro atoms. The van der Waals surface area contributed by atoms with Crippen LogP contribution in [0, 0.1) is 0 Å². The lowest BCUT2D eigenvalue weighted by atomic mass is 9.96. The first kappa shape index (κ1) is 29.7. The van der Waals surface area contributed by atoms with Gasteiger partial charge in [-0.05, 0) is 101 Å². The average molecular weight is 494 g/mol. The molecule has 0 N–H and O–H groups in total. The third-order valence-corrected chi connectivity index (χ3v) is 8.27. The van der Waals surface area contributed by atoms with Gasteiger partial charge in [-0.15, -0.1) is 11.8 Å². The van der Waals surface area contributed by atoms with E-state index in [1.807, 2.05) is 24.3 Å². The van der Waals surface area contributed by atoms with Gasteiger partial charge in [-0.3, -0.25) is 9.80 Å². The van der Waals surface area contributed by atoms with Crippen LogP contribution in [-0.4, -0.2) is 85.7 Å². The van der Waals surface area contributed by atoms with E-state index in [0.717, 1.165) is 6.04 Å². The number of imidazole rings is 1. The molecule has 1 aromatic heterocycles. The zero-order chi connectivity index (χ0) is 25.4. The van der Waals surface area contributed by atoms with Crippen molar-refractivity contribution in [1.82, 2.24) is 24.3 Å². The van der Waals surface area contributed by atoms with E-state index in [1.165, 1.54) is 76.5 Å². The lowest BCUT2D eigenvalue weighted by Crippen LogP contribution is -2.51. The molecule has 6 heteroatoms. The summed E-state index contributed by atoms with van der Waals surface area (Å²) in [5.74, 6) is 2.54. The second-order valence-electron chi connectivity index (χ2n) is 13.1. The Morgan fingerprint density at radius 2 is 1.29 bits per heavy atom. The molecule has 0 atom stereocenters. The standard InChI is InChI=1S/C14H28N2.C7H12N2.C7H15NS/c1-14(2,3)16-11-7-13(8-12-16)15-9-5-4-6-10-15;1-7(2,3)9-5-4-8-6-9;1-7(2,3)8-4-5-9-6-8/h13H,4-12H2,1-3H3;4-6H,1-3H3;4-6H2,1-3H3. The van der Waals surface area contributed by atoms with Gasteiger partial charge >= 0.3 is 0 Å². The number of thioether (sulfide) groups is 1. The maximum absolute atomic E-state index is 3.95. The van der Waals surface area contributed by atoms with E-state index in [-0.39, 0.29) is 5.54 Å². The summed E-state index contributed by atoms with van der Waals surface area (Å²) >= 11 is 2.03. The van der Waals surface area contributed by atoms with Crippen LogP contribution >= 0.6 is 11.8 Å². The molecule has 34 heavy (non-hydrogen) atoms. The summed E-state index contributed by atoms with van der Waals surface area (Å²) < 4.78 is 2.08. The van der Waals surface area contributed by atoms with Crippen molar-refractivity contribution < 1.29 is 0 Å². The normalized spacial score (nSPS) is 22.0. The molecule has 198 valence electrons. The molecule has 3 aliphatic heterocycles. The summed E-state index contributed by atoms with van der Waals surface area (Å²) in [5, 5.41) is 0. The van der Waals surface area contributed by atoms with E-state index in [9.17, 15) is 0 Å². The number of piperidine rings is 2. The van der Waals surface area contributed by atoms with E-state index < -0.39 is 0 Å². The zero-order valence-corrected chi connectivity index (χ0v) is 24.8. The van der Waals surface area contributed by atoms with Gasteiger partial charge in [-0.1, -0.05) is 6.42 Å². The van der Waals surface area contributed by atoms with Crippen LogP contribution in [0.15, 0.2) is 18.7 Å². The lowest BCUT2D eigenvalue weighted by molar-refractivity contribution is 0.0490. The van der Waals surface area contributed by atoms with E-state index in [0.29, 0.717) is 11.1 Å². The molecule has 0 unspecified atom stereocenters. The van der Waals surface area contributed by atoms with Gasteiger partial charge < -0.3 is 9.47 Å². The van der Waals surface area contributed by atoms with Crippen LogP contribution in [0.3, 0.4) is 0 Å². The monoisotopic (exact) mass is 493 g/mol. The molecule has 0 amide bonds. The maximum atomic E-state index is 3.95. The van der Waals surface area contributed by atoms with Gasteiger partial charge in [0, 0.05) is 66.3 Å². The maximum Gasteiger partial charge on any atom is 0.0950 e. The van der Waals surface area contributed by atoms with Crippen molar-refractivity contribution in [2.24, 2.45) is 0 Å². The minimum Gasteiger partial charge on any atom is -0.332 e. The summed E-state index contributed by atoms with van der Waals surface area (Å²) in [7, 11) is 0. The second kappa shape index (κ2) is 13.1. The SMILES string of the molecule is CC(C)(C)N1CCC(N2CCCCC2)CC1.CC(C)(C)N1CCSC1.CC(C)(C)n1ccnc1. The molecular weight excluding hydrogens is 438 g/mol. The van der Waals surface area contributed by atoms with E-state index in [4.69, 9.17) is 0 Å². The molecule has 0 bridgehead atoms. The number of hydrogen-bond donors (Lipinski definition) is 0. The fourth-order valence-corrected chi connectivity index (χ4v) is 6.00. The lowest BCUT2D eigenvalue weighted by Gasteiger charge is -2.44. The number of nitrogens with zero attached hydrogens (tertiary/aromatic N) is 5. The van der Waals surface area contributed by atoms with Gasteiger partial charge in [0.05, 0.1) is 6.33 Å². The fourth-order valence-electron chi connectivity index (χ4n) is 4.78. The van der Waals surface area contributed by atoms with Crippen molar-refractivity contribution in [2.45, 2.75) is 117 Å². The highest BCUT2D eigenvalue weighted by Crippen LogP contribution is 2.25. The third-order valence-electron chi connectivity index (χ3n) is 7.30. The van der Waals surface area contributed by atoms with Crippen LogP contribution in [0.4, 0.5) is 0 Å². The average Bonchev–Trinajstić information content (AvgIpc) is 3.48. The van der Waals surface area contributed by atoms with Gasteiger partial charge in [-0.25, -0.2) is 4.98 Å². The van der Waals surface area contributed by atoms with E-state index in [1.54, 1.807) is 6.20 Å². The molecule has 0 radical (unpaired) electrons. The third kappa shape index (κ3) is 10.2. The largest absolute Gasteiger partial charge is 0.332 e. The fraction of sp³-hybridized carbons (Fsp3) is 0.893. The Labute approximate surface area is 216 Å². The number of hydrogen-bond acceptors (Lipinski definition) is 5. The van der Waals surface area contributed by atoms with E-state index >= 15 is 0 Å². The van der Waals surface area contributed by atoms with Crippen molar-refractivity contribution >= 4 is 11.8 Å². The van der Waals surface area contributed by atoms with Crippen molar-refractivity contribution in [2.75, 3.05) is 44.4 Å². The predicted octanol–water partition coefficient (Wildman–Crippen LogP) is 6.16. The first-order chi connectivity index (χ1) is 15.8. The number of likely N-dealkylation sites (tertiary alicyclic amines) is 2. The van der Waals surface area contributed by atoms with Crippen molar-refractivity contribution in [1.29, 1.82) is 0 Å².